The summed E-state index contributed by atoms with van der Waals surface area (Å²) in [5, 5.41) is 0. The summed E-state index contributed by atoms with van der Waals surface area (Å²) >= 11 is 3.12. The minimum Gasteiger partial charge on any atom is -0.484 e. The summed E-state index contributed by atoms with van der Waals surface area (Å²) in [4.78, 5) is 23.3. The highest BCUT2D eigenvalue weighted by atomic mass is 79.9. The summed E-state index contributed by atoms with van der Waals surface area (Å²) in [6.07, 6.45) is 0. The van der Waals surface area contributed by atoms with Crippen LogP contribution in [0.2, 0.25) is 0 Å². The molecule has 0 saturated heterocycles. The molecule has 0 fully saturated rings. The molecule has 0 saturated carbocycles. The highest BCUT2D eigenvalue weighted by Crippen LogP contribution is 2.15. The number of hydrogen-bond donors (Lipinski definition) is 2. The fraction of sp³-hybridized carbons (Fsp3) is 0.0667. The first-order valence-corrected chi connectivity index (χ1v) is 7.17. The number of amides is 2. The number of carbonyl (C=O) groups excluding carboxylic acids is 2. The Morgan fingerprint density at radius 3 is 2.43 bits per heavy atom. The van der Waals surface area contributed by atoms with Gasteiger partial charge in [-0.1, -0.05) is 15.9 Å². The van der Waals surface area contributed by atoms with Crippen molar-refractivity contribution in [3.8, 4) is 5.75 Å². The molecule has 0 heterocycles. The number of ether oxygens (including phenoxy) is 1. The highest BCUT2D eigenvalue weighted by molar-refractivity contribution is 9.10. The van der Waals surface area contributed by atoms with Crippen molar-refractivity contribution in [2.45, 2.75) is 0 Å². The molecule has 23 heavy (non-hydrogen) atoms. The van der Waals surface area contributed by atoms with Crippen molar-refractivity contribution in [2.75, 3.05) is 6.61 Å². The molecule has 2 N–H and O–H groups in total. The minimum absolute atomic E-state index is 0.223. The van der Waals surface area contributed by atoms with E-state index in [1.54, 1.807) is 0 Å². The Bertz CT molecular complexity index is 723. The Morgan fingerprint density at radius 2 is 1.74 bits per heavy atom. The largest absolute Gasteiger partial charge is 0.484 e. The summed E-state index contributed by atoms with van der Waals surface area (Å²) < 4.78 is 31.8. The van der Waals surface area contributed by atoms with E-state index < -0.39 is 30.1 Å². The molecule has 0 unspecified atom stereocenters. The van der Waals surface area contributed by atoms with Crippen LogP contribution in [0.5, 0.6) is 5.75 Å². The zero-order chi connectivity index (χ0) is 16.8. The first-order chi connectivity index (χ1) is 11.0. The maximum Gasteiger partial charge on any atom is 0.276 e. The van der Waals surface area contributed by atoms with Crippen LogP contribution in [0.25, 0.3) is 0 Å². The van der Waals surface area contributed by atoms with Crippen LogP contribution in [0.4, 0.5) is 8.78 Å². The molecule has 0 aromatic heterocycles. The zero-order valence-corrected chi connectivity index (χ0v) is 13.2. The summed E-state index contributed by atoms with van der Waals surface area (Å²) in [5.41, 5.74) is 3.94. The predicted octanol–water partition coefficient (Wildman–Crippen LogP) is 2.57. The van der Waals surface area contributed by atoms with Gasteiger partial charge >= 0.3 is 0 Å². The van der Waals surface area contributed by atoms with Crippen molar-refractivity contribution < 1.29 is 23.1 Å². The lowest BCUT2D eigenvalue weighted by atomic mass is 10.2. The molecule has 2 amide bonds. The number of nitrogens with one attached hydrogen (secondary N) is 2. The van der Waals surface area contributed by atoms with E-state index >= 15 is 0 Å². The topological polar surface area (TPSA) is 67.4 Å². The minimum atomic E-state index is -0.807. The van der Waals surface area contributed by atoms with E-state index in [-0.39, 0.29) is 5.56 Å². The van der Waals surface area contributed by atoms with Gasteiger partial charge in [0.1, 0.15) is 17.4 Å². The Labute approximate surface area is 138 Å². The van der Waals surface area contributed by atoms with Gasteiger partial charge in [0, 0.05) is 4.47 Å². The van der Waals surface area contributed by atoms with E-state index in [2.05, 4.69) is 26.8 Å². The molecule has 5 nitrogen and oxygen atoms in total. The molecule has 2 rings (SSSR count). The molecule has 0 radical (unpaired) electrons. The number of carbonyl (C=O) groups is 2. The van der Waals surface area contributed by atoms with Crippen LogP contribution in [-0.2, 0) is 4.79 Å². The van der Waals surface area contributed by atoms with Crippen molar-refractivity contribution >= 4 is 27.7 Å². The van der Waals surface area contributed by atoms with E-state index in [9.17, 15) is 18.4 Å². The third kappa shape index (κ3) is 5.03. The standard InChI is InChI=1S/C15H11BrF2N2O3/c16-9-1-6-13(18)12(7-9)15(22)20-19-14(21)8-23-11-4-2-10(17)3-5-11/h1-7H,8H2,(H,19,21)(H,20,22). The van der Waals surface area contributed by atoms with Gasteiger partial charge in [0.05, 0.1) is 5.56 Å². The van der Waals surface area contributed by atoms with Crippen LogP contribution in [0.3, 0.4) is 0 Å². The normalized spacial score (nSPS) is 10.0. The van der Waals surface area contributed by atoms with Crippen LogP contribution < -0.4 is 15.6 Å². The molecule has 0 aliphatic heterocycles. The van der Waals surface area contributed by atoms with E-state index in [4.69, 9.17) is 4.74 Å². The zero-order valence-electron chi connectivity index (χ0n) is 11.6. The second-order valence-corrected chi connectivity index (χ2v) is 5.28. The van der Waals surface area contributed by atoms with Crippen molar-refractivity contribution in [1.82, 2.24) is 10.9 Å². The molecular weight excluding hydrogens is 374 g/mol. The molecule has 2 aromatic carbocycles. The Balaban J connectivity index is 1.83. The first-order valence-electron chi connectivity index (χ1n) is 6.38. The van der Waals surface area contributed by atoms with Crippen LogP contribution in [0.1, 0.15) is 10.4 Å². The smallest absolute Gasteiger partial charge is 0.276 e. The van der Waals surface area contributed by atoms with Crippen molar-refractivity contribution in [2.24, 2.45) is 0 Å². The van der Waals surface area contributed by atoms with E-state index in [0.29, 0.717) is 10.2 Å². The van der Waals surface area contributed by atoms with Gasteiger partial charge in [-0.25, -0.2) is 8.78 Å². The molecule has 8 heteroatoms. The molecule has 0 bridgehead atoms. The fourth-order valence-corrected chi connectivity index (χ4v) is 1.94. The summed E-state index contributed by atoms with van der Waals surface area (Å²) in [5.74, 6) is -2.31. The summed E-state index contributed by atoms with van der Waals surface area (Å²) in [6.45, 7) is -0.396. The number of benzene rings is 2. The maximum atomic E-state index is 13.5. The van der Waals surface area contributed by atoms with E-state index in [1.165, 1.54) is 36.4 Å². The molecular formula is C15H11BrF2N2O3. The molecule has 2 aromatic rings. The summed E-state index contributed by atoms with van der Waals surface area (Å²) in [7, 11) is 0. The average Bonchev–Trinajstić information content (AvgIpc) is 2.54. The number of hydrogen-bond acceptors (Lipinski definition) is 3. The Kier molecular flexibility index (Phi) is 5.64. The van der Waals surface area contributed by atoms with Gasteiger partial charge in [0.25, 0.3) is 11.8 Å². The van der Waals surface area contributed by atoms with Crippen molar-refractivity contribution in [3.05, 3.63) is 64.1 Å². The molecule has 0 aliphatic carbocycles. The van der Waals surface area contributed by atoms with Crippen LogP contribution >= 0.6 is 15.9 Å². The lowest BCUT2D eigenvalue weighted by Crippen LogP contribution is -2.44. The van der Waals surface area contributed by atoms with Crippen molar-refractivity contribution in [3.63, 3.8) is 0 Å². The molecule has 0 spiro atoms. The molecule has 0 atom stereocenters. The molecule has 120 valence electrons. The van der Waals surface area contributed by atoms with Crippen LogP contribution in [0.15, 0.2) is 46.9 Å². The second kappa shape index (κ2) is 7.68. The lowest BCUT2D eigenvalue weighted by Gasteiger charge is -2.09. The van der Waals surface area contributed by atoms with Gasteiger partial charge in [-0.15, -0.1) is 0 Å². The highest BCUT2D eigenvalue weighted by Gasteiger charge is 2.13. The monoisotopic (exact) mass is 384 g/mol. The lowest BCUT2D eigenvalue weighted by molar-refractivity contribution is -0.123. The quantitative estimate of drug-likeness (QED) is 0.796. The van der Waals surface area contributed by atoms with Crippen LogP contribution in [0, 0.1) is 11.6 Å². The maximum absolute atomic E-state index is 13.5. The number of halogens is 3. The van der Waals surface area contributed by atoms with Gasteiger partial charge in [-0.2, -0.15) is 0 Å². The number of rotatable bonds is 4. The van der Waals surface area contributed by atoms with Gasteiger partial charge in [0.2, 0.25) is 0 Å². The van der Waals surface area contributed by atoms with Crippen molar-refractivity contribution in [1.29, 1.82) is 0 Å². The Morgan fingerprint density at radius 1 is 1.04 bits per heavy atom. The molecule has 0 aliphatic rings. The fourth-order valence-electron chi connectivity index (χ4n) is 1.58. The third-order valence-electron chi connectivity index (χ3n) is 2.67. The first kappa shape index (κ1) is 16.9. The van der Waals surface area contributed by atoms with Gasteiger partial charge in [-0.05, 0) is 42.5 Å². The van der Waals surface area contributed by atoms with E-state index in [1.807, 2.05) is 0 Å². The average molecular weight is 385 g/mol. The third-order valence-corrected chi connectivity index (χ3v) is 3.17. The summed E-state index contributed by atoms with van der Waals surface area (Å²) in [6, 6.07) is 8.94. The number of hydrazine groups is 1. The van der Waals surface area contributed by atoms with Crippen LogP contribution in [-0.4, -0.2) is 18.4 Å². The Hall–Kier alpha value is -2.48. The van der Waals surface area contributed by atoms with Gasteiger partial charge < -0.3 is 4.74 Å². The predicted molar refractivity (Wildman–Crippen MR) is 81.6 cm³/mol. The SMILES string of the molecule is O=C(COc1ccc(F)cc1)NNC(=O)c1cc(Br)ccc1F. The van der Waals surface area contributed by atoms with Gasteiger partial charge in [0.15, 0.2) is 6.61 Å². The second-order valence-electron chi connectivity index (χ2n) is 4.37. The van der Waals surface area contributed by atoms with E-state index in [0.717, 1.165) is 6.07 Å². The van der Waals surface area contributed by atoms with Gasteiger partial charge in [-0.3, -0.25) is 20.4 Å².